The summed E-state index contributed by atoms with van der Waals surface area (Å²) in [5.74, 6) is -10.4. The quantitative estimate of drug-likeness (QED) is 0.284. The third-order valence-corrected chi connectivity index (χ3v) is 3.82. The monoisotopic (exact) mass is 306 g/mol. The Labute approximate surface area is 130 Å². The van der Waals surface area contributed by atoms with Crippen molar-refractivity contribution in [1.29, 1.82) is 0 Å². The molecule has 0 rings (SSSR count). The Morgan fingerprint density at radius 3 is 1.47 bits per heavy atom. The van der Waals surface area contributed by atoms with Crippen LogP contribution in [0.2, 0.25) is 0 Å². The topological polar surface area (TPSA) is 163 Å². The molecule has 0 fully saturated rings. The van der Waals surface area contributed by atoms with Crippen molar-refractivity contribution in [2.75, 3.05) is 0 Å². The zero-order valence-corrected chi connectivity index (χ0v) is 10.1. The van der Waals surface area contributed by atoms with Crippen LogP contribution >= 0.6 is 0 Å². The molecular weight excluding hydrogens is 295 g/mol. The number of aliphatic carboxylic acids is 2. The van der Waals surface area contributed by atoms with E-state index < -0.39 is 44.3 Å². The van der Waals surface area contributed by atoms with Crippen LogP contribution in [0.1, 0.15) is 13.8 Å². The van der Waals surface area contributed by atoms with E-state index in [0.717, 1.165) is 0 Å². The summed E-state index contributed by atoms with van der Waals surface area (Å²) < 4.78 is 27.4. The number of carboxylic acids is 2. The molecule has 0 aromatic heterocycles. The third kappa shape index (κ3) is 3.39. The normalized spacial score (nSPS) is 15.5. The fourth-order valence-electron chi connectivity index (χ4n) is 1.55. The molecular formula is C8H11NaO9S. The molecule has 2 unspecified atom stereocenters. The van der Waals surface area contributed by atoms with Crippen LogP contribution in [0.4, 0.5) is 0 Å². The molecule has 0 radical (unpaired) electrons. The molecule has 19 heavy (non-hydrogen) atoms. The van der Waals surface area contributed by atoms with Gasteiger partial charge in [0.1, 0.15) is 5.78 Å². The van der Waals surface area contributed by atoms with Crippen molar-refractivity contribution in [3.05, 3.63) is 0 Å². The average Bonchev–Trinajstić information content (AvgIpc) is 2.08. The van der Waals surface area contributed by atoms with E-state index in [1.165, 1.54) is 0 Å². The summed E-state index contributed by atoms with van der Waals surface area (Å²) >= 11 is 0. The number of Topliss-reactive ketones (excluding diaryl/α,β-unsaturated/α-hetero) is 2. The molecule has 2 atom stereocenters. The van der Waals surface area contributed by atoms with Crippen LogP contribution in [-0.4, -0.2) is 81.0 Å². The first-order chi connectivity index (χ1) is 7.90. The Morgan fingerprint density at radius 2 is 1.42 bits per heavy atom. The maximum absolute atomic E-state index is 11.3. The molecule has 9 nitrogen and oxygen atoms in total. The van der Waals surface area contributed by atoms with Gasteiger partial charge in [-0.15, -0.1) is 0 Å². The number of hydrogen-bond acceptors (Lipinski definition) is 6. The summed E-state index contributed by atoms with van der Waals surface area (Å²) in [5.41, 5.74) is 0. The van der Waals surface area contributed by atoms with Gasteiger partial charge in [0.15, 0.2) is 11.7 Å². The maximum atomic E-state index is 11.3. The van der Waals surface area contributed by atoms with Gasteiger partial charge in [-0.25, -0.2) is 4.79 Å². The predicted octanol–water partition coefficient (Wildman–Crippen LogP) is -2.07. The van der Waals surface area contributed by atoms with E-state index in [0.29, 0.717) is 13.8 Å². The van der Waals surface area contributed by atoms with Crippen LogP contribution in [0.25, 0.3) is 0 Å². The zero-order chi connectivity index (χ0) is 14.9. The molecule has 0 aromatic carbocycles. The fourth-order valence-corrected chi connectivity index (χ4v) is 2.70. The van der Waals surface area contributed by atoms with Crippen LogP contribution in [0, 0.1) is 5.92 Å². The summed E-state index contributed by atoms with van der Waals surface area (Å²) in [4.78, 5) is 44.2. The van der Waals surface area contributed by atoms with E-state index in [-0.39, 0.29) is 29.6 Å². The number of carboxylic acid groups (broad SMARTS) is 2. The van der Waals surface area contributed by atoms with E-state index in [9.17, 15) is 27.6 Å². The molecule has 11 heteroatoms. The number of carbonyl (C=O) groups excluding carboxylic acids is 2. The Balaban J connectivity index is 0. The minimum atomic E-state index is -5.67. The Morgan fingerprint density at radius 1 is 1.05 bits per heavy atom. The first-order valence-electron chi connectivity index (χ1n) is 4.35. The molecule has 0 saturated heterocycles. The molecule has 0 heterocycles. The summed E-state index contributed by atoms with van der Waals surface area (Å²) in [6.45, 7) is 1.06. The molecule has 0 aliphatic rings. The van der Waals surface area contributed by atoms with Crippen LogP contribution < -0.4 is 0 Å². The van der Waals surface area contributed by atoms with Crippen molar-refractivity contribution in [2.24, 2.45) is 5.92 Å². The Hall–Kier alpha value is -0.810. The molecule has 0 saturated carbocycles. The molecule has 0 aliphatic carbocycles. The predicted molar refractivity (Wildman–Crippen MR) is 61.6 cm³/mol. The minimum absolute atomic E-state index is 0. The Kier molecular flexibility index (Phi) is 7.09. The van der Waals surface area contributed by atoms with E-state index in [1.54, 1.807) is 0 Å². The molecule has 104 valence electrons. The molecule has 3 N–H and O–H groups in total. The van der Waals surface area contributed by atoms with Crippen molar-refractivity contribution >= 4 is 63.2 Å². The number of ketones is 2. The second-order valence-corrected chi connectivity index (χ2v) is 5.05. The van der Waals surface area contributed by atoms with Crippen LogP contribution in [0.3, 0.4) is 0 Å². The van der Waals surface area contributed by atoms with Gasteiger partial charge >= 0.3 is 41.5 Å². The molecule has 0 spiro atoms. The SMILES string of the molecule is CC(=O)C(C(=O)O)C(C(C)=O)(C(=O)O)S(=O)(=O)O.[NaH]. The van der Waals surface area contributed by atoms with Gasteiger partial charge in [0.25, 0.3) is 14.9 Å². The van der Waals surface area contributed by atoms with Gasteiger partial charge in [0, 0.05) is 0 Å². The summed E-state index contributed by atoms with van der Waals surface area (Å²) in [6.07, 6.45) is 0. The van der Waals surface area contributed by atoms with Crippen molar-refractivity contribution in [1.82, 2.24) is 0 Å². The van der Waals surface area contributed by atoms with Crippen molar-refractivity contribution in [3.63, 3.8) is 0 Å². The third-order valence-electron chi connectivity index (χ3n) is 2.31. The van der Waals surface area contributed by atoms with E-state index >= 15 is 0 Å². The second-order valence-electron chi connectivity index (χ2n) is 3.45. The molecule has 0 aromatic rings. The van der Waals surface area contributed by atoms with E-state index in [1.807, 2.05) is 0 Å². The van der Waals surface area contributed by atoms with Crippen molar-refractivity contribution < 1.29 is 42.4 Å². The van der Waals surface area contributed by atoms with E-state index in [4.69, 9.17) is 14.8 Å². The first-order valence-corrected chi connectivity index (χ1v) is 5.79. The van der Waals surface area contributed by atoms with Gasteiger partial charge < -0.3 is 10.2 Å². The van der Waals surface area contributed by atoms with Gasteiger partial charge in [0.2, 0.25) is 0 Å². The second kappa shape index (κ2) is 6.57. The van der Waals surface area contributed by atoms with Crippen LogP contribution in [-0.2, 0) is 29.3 Å². The number of rotatable bonds is 6. The van der Waals surface area contributed by atoms with E-state index in [2.05, 4.69) is 0 Å². The first kappa shape index (κ1) is 20.5. The summed E-state index contributed by atoms with van der Waals surface area (Å²) in [6, 6.07) is 0. The number of carbonyl (C=O) groups is 4. The zero-order valence-electron chi connectivity index (χ0n) is 9.28. The number of hydrogen-bond donors (Lipinski definition) is 3. The summed E-state index contributed by atoms with van der Waals surface area (Å²) in [5, 5.41) is 17.6. The van der Waals surface area contributed by atoms with Gasteiger partial charge in [-0.2, -0.15) is 8.42 Å². The van der Waals surface area contributed by atoms with Crippen LogP contribution in [0.5, 0.6) is 0 Å². The van der Waals surface area contributed by atoms with Gasteiger partial charge in [0.05, 0.1) is 0 Å². The standard InChI is InChI=1S/C8H10O9S.Na.H/c1-3(9)5(6(11)12)8(4(2)10,7(13)14)18(15,16)17;;/h5H,1-2H3,(H,11,12)(H,13,14)(H,15,16,17);;. The van der Waals surface area contributed by atoms with Crippen LogP contribution in [0.15, 0.2) is 0 Å². The molecule has 0 aliphatic heterocycles. The van der Waals surface area contributed by atoms with Crippen molar-refractivity contribution in [3.8, 4) is 0 Å². The van der Waals surface area contributed by atoms with Crippen molar-refractivity contribution in [2.45, 2.75) is 18.6 Å². The van der Waals surface area contributed by atoms with Gasteiger partial charge in [-0.3, -0.25) is 18.9 Å². The van der Waals surface area contributed by atoms with Gasteiger partial charge in [-0.1, -0.05) is 0 Å². The molecule has 0 bridgehead atoms. The molecule has 0 amide bonds. The van der Waals surface area contributed by atoms with Gasteiger partial charge in [-0.05, 0) is 13.8 Å². The average molecular weight is 306 g/mol. The Bertz CT molecular complexity index is 492. The fraction of sp³-hybridized carbons (Fsp3) is 0.500. The summed E-state index contributed by atoms with van der Waals surface area (Å²) in [7, 11) is -5.67.